The summed E-state index contributed by atoms with van der Waals surface area (Å²) in [6.07, 6.45) is 6.99. The van der Waals surface area contributed by atoms with E-state index in [1.54, 1.807) is 6.08 Å². The maximum Gasteiger partial charge on any atom is 0.288 e. The van der Waals surface area contributed by atoms with Crippen molar-refractivity contribution in [3.63, 3.8) is 0 Å². The number of likely N-dealkylation sites (N-methyl/N-ethyl adjacent to an activating group) is 1. The normalized spacial score (nSPS) is 14.6. The number of nitrogens with two attached hydrogens (primary N) is 1. The summed E-state index contributed by atoms with van der Waals surface area (Å²) in [4.78, 5) is 29.4. The summed E-state index contributed by atoms with van der Waals surface area (Å²) in [5.74, 6) is 1.77. The molecule has 38 heavy (non-hydrogen) atoms. The second-order valence-electron chi connectivity index (χ2n) is 9.77. The molecule has 9 heteroatoms. The first-order valence-electron chi connectivity index (χ1n) is 12.7. The molecule has 0 radical (unpaired) electrons. The number of hydrogen-bond acceptors (Lipinski definition) is 6. The van der Waals surface area contributed by atoms with E-state index in [1.807, 2.05) is 95.3 Å². The molecule has 2 aromatic carbocycles. The zero-order chi connectivity index (χ0) is 26.6. The van der Waals surface area contributed by atoms with Crippen LogP contribution in [0.4, 0.5) is 5.82 Å². The molecule has 1 aliphatic heterocycles. The van der Waals surface area contributed by atoms with Crippen molar-refractivity contribution in [2.45, 2.75) is 18.9 Å². The molecule has 0 unspecified atom stereocenters. The van der Waals surface area contributed by atoms with E-state index in [9.17, 15) is 9.59 Å². The minimum Gasteiger partial charge on any atom is -0.457 e. The standard InChI is InChI=1S/C29H32N6O3/c1-33(2)16-6-9-25(36)34-17-14-21(15-18-34)35-19-24(26-27(35)29(37)32-31-28(26)30)20-10-12-23(13-11-20)38-22-7-4-3-5-8-22/h3-13,19,21H,14-18H2,1-2H3,(H2,30,31)(H,32,37). The van der Waals surface area contributed by atoms with Gasteiger partial charge in [0.05, 0.1) is 5.39 Å². The Hall–Kier alpha value is -4.37. The molecule has 9 nitrogen and oxygen atoms in total. The first kappa shape index (κ1) is 25.3. The number of rotatable bonds is 7. The van der Waals surface area contributed by atoms with Crippen LogP contribution >= 0.6 is 0 Å². The van der Waals surface area contributed by atoms with Gasteiger partial charge in [-0.25, -0.2) is 5.10 Å². The predicted octanol–water partition coefficient (Wildman–Crippen LogP) is 4.05. The van der Waals surface area contributed by atoms with Gasteiger partial charge >= 0.3 is 0 Å². The Morgan fingerprint density at radius 2 is 1.79 bits per heavy atom. The number of ether oxygens (including phenoxy) is 1. The van der Waals surface area contributed by atoms with E-state index in [1.165, 1.54) is 0 Å². The zero-order valence-electron chi connectivity index (χ0n) is 21.6. The highest BCUT2D eigenvalue weighted by atomic mass is 16.5. The van der Waals surface area contributed by atoms with E-state index < -0.39 is 0 Å². The molecular formula is C29H32N6O3. The first-order chi connectivity index (χ1) is 18.4. The average molecular weight is 513 g/mol. The van der Waals surface area contributed by atoms with Gasteiger partial charge in [0.15, 0.2) is 5.82 Å². The number of carbonyl (C=O) groups is 1. The van der Waals surface area contributed by atoms with E-state index in [0.29, 0.717) is 29.7 Å². The number of aromatic nitrogens is 3. The number of hydrogen-bond donors (Lipinski definition) is 2. The lowest BCUT2D eigenvalue weighted by Crippen LogP contribution is -2.38. The Balaban J connectivity index is 1.40. The fraction of sp³-hybridized carbons (Fsp3) is 0.276. The van der Waals surface area contributed by atoms with Crippen LogP contribution in [0.15, 0.2) is 77.7 Å². The summed E-state index contributed by atoms with van der Waals surface area (Å²) >= 11 is 0. The van der Waals surface area contributed by atoms with E-state index in [0.717, 1.165) is 36.3 Å². The quantitative estimate of drug-likeness (QED) is 0.362. The molecule has 196 valence electrons. The number of nitrogens with one attached hydrogen (secondary N) is 1. The van der Waals surface area contributed by atoms with Gasteiger partial charge in [0.2, 0.25) is 5.91 Å². The number of anilines is 1. The molecular weight excluding hydrogens is 480 g/mol. The van der Waals surface area contributed by atoms with Crippen LogP contribution in [-0.2, 0) is 4.79 Å². The van der Waals surface area contributed by atoms with Crippen molar-refractivity contribution in [2.24, 2.45) is 0 Å². The van der Waals surface area contributed by atoms with E-state index >= 15 is 0 Å². The van der Waals surface area contributed by atoms with Gasteiger partial charge in [0.1, 0.15) is 17.0 Å². The minimum absolute atomic E-state index is 0.0208. The summed E-state index contributed by atoms with van der Waals surface area (Å²) in [6.45, 7) is 1.96. The van der Waals surface area contributed by atoms with Crippen molar-refractivity contribution in [3.05, 3.63) is 83.3 Å². The van der Waals surface area contributed by atoms with E-state index in [2.05, 4.69) is 10.2 Å². The molecule has 0 bridgehead atoms. The number of fused-ring (bicyclic) bond motifs is 1. The van der Waals surface area contributed by atoms with Gasteiger partial charge in [-0.3, -0.25) is 9.59 Å². The number of aromatic amines is 1. The van der Waals surface area contributed by atoms with Gasteiger partial charge in [-0.05, 0) is 56.8 Å². The number of likely N-dealkylation sites (tertiary alicyclic amines) is 1. The molecule has 1 amide bonds. The summed E-state index contributed by atoms with van der Waals surface area (Å²) in [5.41, 5.74) is 8.26. The number of amides is 1. The highest BCUT2D eigenvalue weighted by Gasteiger charge is 2.26. The fourth-order valence-corrected chi connectivity index (χ4v) is 4.90. The molecule has 1 fully saturated rings. The predicted molar refractivity (Wildman–Crippen MR) is 149 cm³/mol. The van der Waals surface area contributed by atoms with Crippen molar-refractivity contribution in [1.29, 1.82) is 0 Å². The van der Waals surface area contributed by atoms with Crippen molar-refractivity contribution >= 4 is 22.6 Å². The topological polar surface area (TPSA) is 109 Å². The van der Waals surface area contributed by atoms with Crippen LogP contribution in [0.2, 0.25) is 0 Å². The maximum absolute atomic E-state index is 13.0. The first-order valence-corrected chi connectivity index (χ1v) is 12.7. The van der Waals surface area contributed by atoms with Crippen LogP contribution in [0.25, 0.3) is 22.0 Å². The molecule has 3 N–H and O–H groups in total. The van der Waals surface area contributed by atoms with Crippen LogP contribution in [0.3, 0.4) is 0 Å². The third-order valence-electron chi connectivity index (χ3n) is 6.83. The van der Waals surface area contributed by atoms with Crippen molar-refractivity contribution < 1.29 is 9.53 Å². The largest absolute Gasteiger partial charge is 0.457 e. The summed E-state index contributed by atoms with van der Waals surface area (Å²) in [7, 11) is 3.93. The molecule has 1 aliphatic rings. The van der Waals surface area contributed by atoms with Crippen LogP contribution in [-0.4, -0.2) is 64.2 Å². The van der Waals surface area contributed by atoms with Crippen LogP contribution in [0, 0.1) is 0 Å². The molecule has 0 saturated carbocycles. The average Bonchev–Trinajstić information content (AvgIpc) is 3.34. The number of nitrogens with zero attached hydrogens (tertiary/aromatic N) is 4. The number of nitrogen functional groups attached to an aromatic ring is 1. The number of para-hydroxylation sites is 1. The fourth-order valence-electron chi connectivity index (χ4n) is 4.90. The van der Waals surface area contributed by atoms with Gasteiger partial charge in [0.25, 0.3) is 5.56 Å². The maximum atomic E-state index is 13.0. The third kappa shape index (κ3) is 5.33. The van der Waals surface area contributed by atoms with Crippen LogP contribution in [0.1, 0.15) is 18.9 Å². The number of benzene rings is 2. The lowest BCUT2D eigenvalue weighted by molar-refractivity contribution is -0.127. The second kappa shape index (κ2) is 10.9. The highest BCUT2D eigenvalue weighted by molar-refractivity contribution is 6.02. The molecule has 3 heterocycles. The lowest BCUT2D eigenvalue weighted by Gasteiger charge is -2.32. The molecule has 1 saturated heterocycles. The molecule has 0 spiro atoms. The van der Waals surface area contributed by atoms with Gasteiger partial charge in [-0.2, -0.15) is 5.10 Å². The summed E-state index contributed by atoms with van der Waals surface area (Å²) < 4.78 is 7.94. The van der Waals surface area contributed by atoms with Gasteiger partial charge in [-0.15, -0.1) is 0 Å². The highest BCUT2D eigenvalue weighted by Crippen LogP contribution is 2.37. The molecule has 2 aromatic heterocycles. The Kier molecular flexibility index (Phi) is 7.28. The molecule has 0 aliphatic carbocycles. The van der Waals surface area contributed by atoms with Crippen molar-refractivity contribution in [1.82, 2.24) is 24.6 Å². The number of piperidine rings is 1. The lowest BCUT2D eigenvalue weighted by atomic mass is 10.0. The minimum atomic E-state index is -0.283. The van der Waals surface area contributed by atoms with Gasteiger partial charge in [0, 0.05) is 43.5 Å². The molecule has 4 aromatic rings. The SMILES string of the molecule is CN(C)CC=CC(=O)N1CCC(n2cc(-c3ccc(Oc4ccccc4)cc3)c3c(N)n[nH]c(=O)c32)CC1. The Morgan fingerprint density at radius 1 is 1.11 bits per heavy atom. The molecule has 5 rings (SSSR count). The number of H-pyrrole nitrogens is 1. The van der Waals surface area contributed by atoms with Gasteiger partial charge in [-0.1, -0.05) is 36.4 Å². The number of carbonyl (C=O) groups excluding carboxylic acids is 1. The van der Waals surface area contributed by atoms with Crippen LogP contribution < -0.4 is 16.0 Å². The van der Waals surface area contributed by atoms with Gasteiger partial charge < -0.3 is 24.8 Å². The smallest absolute Gasteiger partial charge is 0.288 e. The van der Waals surface area contributed by atoms with Crippen molar-refractivity contribution in [2.75, 3.05) is 39.5 Å². The zero-order valence-corrected chi connectivity index (χ0v) is 21.6. The van der Waals surface area contributed by atoms with Crippen LogP contribution in [0.5, 0.6) is 11.5 Å². The van der Waals surface area contributed by atoms with E-state index in [4.69, 9.17) is 10.5 Å². The van der Waals surface area contributed by atoms with Crippen molar-refractivity contribution in [3.8, 4) is 22.6 Å². The third-order valence-corrected chi connectivity index (χ3v) is 6.83. The summed E-state index contributed by atoms with van der Waals surface area (Å²) in [5, 5.41) is 7.21. The van der Waals surface area contributed by atoms with E-state index in [-0.39, 0.29) is 23.3 Å². The Labute approximate surface area is 221 Å². The Morgan fingerprint density at radius 3 is 2.47 bits per heavy atom. The second-order valence-corrected chi connectivity index (χ2v) is 9.77. The monoisotopic (exact) mass is 512 g/mol. The summed E-state index contributed by atoms with van der Waals surface area (Å²) in [6, 6.07) is 17.4. The Bertz CT molecular complexity index is 1500. The molecule has 0 atom stereocenters.